The number of aryl methyl sites for hydroxylation is 1. The van der Waals surface area contributed by atoms with Gasteiger partial charge in [-0.3, -0.25) is 4.79 Å². The smallest absolute Gasteiger partial charge is 0.260 e. The Morgan fingerprint density at radius 1 is 1.24 bits per heavy atom. The molecular formula is C14H15NO2. The van der Waals surface area contributed by atoms with Gasteiger partial charge in [-0.2, -0.15) is 0 Å². The first-order valence-electron chi connectivity index (χ1n) is 5.64. The van der Waals surface area contributed by atoms with Crippen molar-refractivity contribution in [3.8, 4) is 11.3 Å². The van der Waals surface area contributed by atoms with Crippen LogP contribution in [-0.4, -0.2) is 11.3 Å². The third-order valence-electron chi connectivity index (χ3n) is 2.62. The highest BCUT2D eigenvalue weighted by Gasteiger charge is 2.17. The van der Waals surface area contributed by atoms with Gasteiger partial charge in [0.05, 0.1) is 0 Å². The minimum absolute atomic E-state index is 0.143. The van der Waals surface area contributed by atoms with Crippen LogP contribution < -0.4 is 0 Å². The van der Waals surface area contributed by atoms with Crippen LogP contribution in [0, 0.1) is 6.92 Å². The molecule has 0 N–H and O–H groups in total. The van der Waals surface area contributed by atoms with Crippen LogP contribution in [0.4, 0.5) is 0 Å². The average Bonchev–Trinajstić information content (AvgIpc) is 2.74. The molecule has 0 aliphatic heterocycles. The molecule has 88 valence electrons. The van der Waals surface area contributed by atoms with Gasteiger partial charge >= 0.3 is 0 Å². The van der Waals surface area contributed by atoms with Gasteiger partial charge in [-0.05, 0) is 6.92 Å². The van der Waals surface area contributed by atoms with E-state index in [1.807, 2.05) is 45.0 Å². The summed E-state index contributed by atoms with van der Waals surface area (Å²) in [5.41, 5.74) is 2.94. The minimum Gasteiger partial charge on any atom is -0.438 e. The van der Waals surface area contributed by atoms with Gasteiger partial charge in [-0.1, -0.05) is 43.7 Å². The summed E-state index contributed by atoms with van der Waals surface area (Å²) in [6.45, 7) is 6.08. The number of aromatic nitrogens is 1. The number of rotatable bonds is 3. The first-order valence-corrected chi connectivity index (χ1v) is 5.64. The number of oxazole rings is 1. The highest BCUT2D eigenvalue weighted by molar-refractivity contribution is 5.71. The zero-order chi connectivity index (χ0) is 12.4. The van der Waals surface area contributed by atoms with Gasteiger partial charge in [-0.15, -0.1) is 0 Å². The first kappa shape index (κ1) is 11.6. The number of nitrogens with zero attached hydrogens (tertiary/aromatic N) is 1. The summed E-state index contributed by atoms with van der Waals surface area (Å²) in [5, 5.41) is 0. The number of carbonyl (C=O) groups excluding carboxylic acids is 1. The van der Waals surface area contributed by atoms with E-state index in [0.717, 1.165) is 17.0 Å². The summed E-state index contributed by atoms with van der Waals surface area (Å²) >= 11 is 0. The maximum atomic E-state index is 10.7. The van der Waals surface area contributed by atoms with E-state index in [0.29, 0.717) is 6.29 Å². The lowest BCUT2D eigenvalue weighted by atomic mass is 10.0. The highest BCUT2D eigenvalue weighted by atomic mass is 16.4. The van der Waals surface area contributed by atoms with Crippen molar-refractivity contribution in [1.29, 1.82) is 0 Å². The second kappa shape index (κ2) is 4.53. The zero-order valence-corrected chi connectivity index (χ0v) is 10.2. The first-order chi connectivity index (χ1) is 8.11. The average molecular weight is 229 g/mol. The molecule has 0 radical (unpaired) electrons. The normalized spacial score (nSPS) is 10.8. The zero-order valence-electron chi connectivity index (χ0n) is 10.2. The van der Waals surface area contributed by atoms with E-state index in [1.54, 1.807) is 0 Å². The topological polar surface area (TPSA) is 43.1 Å². The standard InChI is InChI=1S/C14H15NO2/c1-9(2)14-13(15-12(8-16)17-14)11-6-4-10(3)5-7-11/h4-9H,1-3H3. The van der Waals surface area contributed by atoms with Crippen molar-refractivity contribution in [3.63, 3.8) is 0 Å². The molecule has 3 heteroatoms. The van der Waals surface area contributed by atoms with Crippen LogP contribution in [0.2, 0.25) is 0 Å². The van der Waals surface area contributed by atoms with Gasteiger partial charge in [-0.25, -0.2) is 4.98 Å². The Morgan fingerprint density at radius 3 is 2.41 bits per heavy atom. The molecule has 3 nitrogen and oxygen atoms in total. The third kappa shape index (κ3) is 2.28. The van der Waals surface area contributed by atoms with Crippen molar-refractivity contribution in [3.05, 3.63) is 41.5 Å². The van der Waals surface area contributed by atoms with Crippen molar-refractivity contribution in [2.24, 2.45) is 0 Å². The summed E-state index contributed by atoms with van der Waals surface area (Å²) in [5.74, 6) is 1.10. The number of hydrogen-bond acceptors (Lipinski definition) is 3. The molecule has 2 rings (SSSR count). The van der Waals surface area contributed by atoms with Gasteiger partial charge in [0.25, 0.3) is 5.89 Å². The van der Waals surface area contributed by atoms with E-state index >= 15 is 0 Å². The van der Waals surface area contributed by atoms with Crippen molar-refractivity contribution in [1.82, 2.24) is 4.98 Å². The predicted molar refractivity (Wildman–Crippen MR) is 66.2 cm³/mol. The van der Waals surface area contributed by atoms with Crippen LogP contribution in [-0.2, 0) is 0 Å². The van der Waals surface area contributed by atoms with E-state index in [9.17, 15) is 4.79 Å². The molecule has 0 unspecified atom stereocenters. The molecule has 1 aromatic heterocycles. The van der Waals surface area contributed by atoms with Crippen LogP contribution in [0.15, 0.2) is 28.7 Å². The molecule has 2 aromatic rings. The van der Waals surface area contributed by atoms with Crippen molar-refractivity contribution in [2.75, 3.05) is 0 Å². The lowest BCUT2D eigenvalue weighted by Gasteiger charge is -2.04. The van der Waals surface area contributed by atoms with Crippen LogP contribution in [0.3, 0.4) is 0 Å². The summed E-state index contributed by atoms with van der Waals surface area (Å²) in [6.07, 6.45) is 0.642. The largest absolute Gasteiger partial charge is 0.438 e. The molecule has 0 amide bonds. The molecular weight excluding hydrogens is 214 g/mol. The molecule has 0 aliphatic carbocycles. The molecule has 0 atom stereocenters. The Balaban J connectivity index is 2.53. The van der Waals surface area contributed by atoms with Crippen LogP contribution in [0.1, 0.15) is 41.8 Å². The summed E-state index contributed by atoms with van der Waals surface area (Å²) in [6, 6.07) is 8.03. The Kier molecular flexibility index (Phi) is 3.09. The van der Waals surface area contributed by atoms with Gasteiger partial charge in [0.2, 0.25) is 6.29 Å². The Bertz CT molecular complexity index is 524. The fraction of sp³-hybridized carbons (Fsp3) is 0.286. The van der Waals surface area contributed by atoms with Crippen LogP contribution in [0.25, 0.3) is 11.3 Å². The fourth-order valence-corrected chi connectivity index (χ4v) is 1.71. The highest BCUT2D eigenvalue weighted by Crippen LogP contribution is 2.29. The maximum Gasteiger partial charge on any atom is 0.260 e. The van der Waals surface area contributed by atoms with E-state index < -0.39 is 0 Å². The summed E-state index contributed by atoms with van der Waals surface area (Å²) in [7, 11) is 0. The third-order valence-corrected chi connectivity index (χ3v) is 2.62. The number of carbonyl (C=O) groups is 1. The van der Waals surface area contributed by atoms with E-state index in [4.69, 9.17) is 4.42 Å². The summed E-state index contributed by atoms with van der Waals surface area (Å²) in [4.78, 5) is 14.9. The molecule has 0 spiro atoms. The lowest BCUT2D eigenvalue weighted by molar-refractivity contribution is 0.109. The van der Waals surface area contributed by atoms with Crippen molar-refractivity contribution in [2.45, 2.75) is 26.7 Å². The maximum absolute atomic E-state index is 10.7. The quantitative estimate of drug-likeness (QED) is 0.755. The van der Waals surface area contributed by atoms with Gasteiger partial charge in [0, 0.05) is 11.5 Å². The Labute approximate surface area is 100 Å². The SMILES string of the molecule is Cc1ccc(-c2nc(C=O)oc2C(C)C)cc1. The Hall–Kier alpha value is -1.90. The molecule has 1 heterocycles. The van der Waals surface area contributed by atoms with Crippen molar-refractivity contribution >= 4 is 6.29 Å². The van der Waals surface area contributed by atoms with Crippen LogP contribution in [0.5, 0.6) is 0 Å². The van der Waals surface area contributed by atoms with Crippen LogP contribution >= 0.6 is 0 Å². The molecule has 0 saturated heterocycles. The number of hydrogen-bond donors (Lipinski definition) is 0. The molecule has 0 saturated carbocycles. The van der Waals surface area contributed by atoms with E-state index in [1.165, 1.54) is 5.56 Å². The lowest BCUT2D eigenvalue weighted by Crippen LogP contribution is -1.89. The van der Waals surface area contributed by atoms with Gasteiger partial charge in [0.1, 0.15) is 11.5 Å². The summed E-state index contributed by atoms with van der Waals surface area (Å²) < 4.78 is 5.43. The molecule has 1 aromatic carbocycles. The Morgan fingerprint density at radius 2 is 1.88 bits per heavy atom. The van der Waals surface area contributed by atoms with Crippen molar-refractivity contribution < 1.29 is 9.21 Å². The molecule has 17 heavy (non-hydrogen) atoms. The fourth-order valence-electron chi connectivity index (χ4n) is 1.71. The molecule has 0 bridgehead atoms. The molecule has 0 fully saturated rings. The predicted octanol–water partition coefficient (Wildman–Crippen LogP) is 3.59. The second-order valence-corrected chi connectivity index (χ2v) is 4.40. The monoisotopic (exact) mass is 229 g/mol. The number of benzene rings is 1. The van der Waals surface area contributed by atoms with E-state index in [-0.39, 0.29) is 11.8 Å². The van der Waals surface area contributed by atoms with Gasteiger partial charge in [0.15, 0.2) is 0 Å². The van der Waals surface area contributed by atoms with E-state index in [2.05, 4.69) is 4.98 Å². The molecule has 0 aliphatic rings. The van der Waals surface area contributed by atoms with Gasteiger partial charge < -0.3 is 4.42 Å². The minimum atomic E-state index is 0.143. The second-order valence-electron chi connectivity index (χ2n) is 4.40. The number of aldehydes is 1.